The Labute approximate surface area is 156 Å². The second-order valence-corrected chi connectivity index (χ2v) is 13.3. The Hall–Kier alpha value is -1.85. The van der Waals surface area contributed by atoms with Crippen LogP contribution in [0.4, 0.5) is 0 Å². The lowest BCUT2D eigenvalue weighted by atomic mass is 10.2. The van der Waals surface area contributed by atoms with Crippen LogP contribution in [0, 0.1) is 0 Å². The number of nitrogens with zero attached hydrogens (tertiary/aromatic N) is 1. The molecule has 0 radical (unpaired) electrons. The van der Waals surface area contributed by atoms with Gasteiger partial charge >= 0.3 is 5.97 Å². The van der Waals surface area contributed by atoms with Gasteiger partial charge in [-0.25, -0.2) is 4.79 Å². The average Bonchev–Trinajstić information content (AvgIpc) is 3.17. The number of esters is 1. The fourth-order valence-corrected chi connectivity index (χ4v) is 4.53. The van der Waals surface area contributed by atoms with Crippen molar-refractivity contribution in [3.8, 4) is 0 Å². The number of hydrogen-bond donors (Lipinski definition) is 0. The second-order valence-electron chi connectivity index (χ2n) is 8.56. The van der Waals surface area contributed by atoms with E-state index in [1.54, 1.807) is 0 Å². The van der Waals surface area contributed by atoms with Gasteiger partial charge in [0.25, 0.3) is 0 Å². The summed E-state index contributed by atoms with van der Waals surface area (Å²) in [5.74, 6) is -0.295. The largest absolute Gasteiger partial charge is 0.465 e. The van der Waals surface area contributed by atoms with Crippen LogP contribution >= 0.6 is 0 Å². The number of benzene rings is 1. The van der Waals surface area contributed by atoms with Gasteiger partial charge in [0.2, 0.25) is 0 Å². The smallest absolute Gasteiger partial charge is 0.340 e. The van der Waals surface area contributed by atoms with Crippen molar-refractivity contribution < 1.29 is 14.0 Å². The molecule has 1 aliphatic carbocycles. The van der Waals surface area contributed by atoms with Gasteiger partial charge in [-0.3, -0.25) is 0 Å². The van der Waals surface area contributed by atoms with Gasteiger partial charge in [-0.05, 0) is 24.2 Å². The molecular formula is C21H29NO3Si. The summed E-state index contributed by atoms with van der Waals surface area (Å²) in [6, 6.07) is 8.17. The fourth-order valence-electron chi connectivity index (χ4n) is 3.25. The minimum atomic E-state index is -1.81. The van der Waals surface area contributed by atoms with E-state index in [9.17, 15) is 4.79 Å². The lowest BCUT2D eigenvalue weighted by Crippen LogP contribution is -2.43. The first-order valence-electron chi connectivity index (χ1n) is 9.18. The second kappa shape index (κ2) is 6.71. The van der Waals surface area contributed by atoms with Crippen LogP contribution in [0.2, 0.25) is 18.1 Å². The SMILES string of the molecule is COC(=O)c1cn([C@H]2C=C[C@@H](O[Si](C)(C)C(C)(C)C)C2)c2ccccc12. The molecule has 1 aromatic carbocycles. The molecule has 1 heterocycles. The minimum absolute atomic E-state index is 0.128. The number of rotatable bonds is 4. The highest BCUT2D eigenvalue weighted by molar-refractivity contribution is 6.74. The summed E-state index contributed by atoms with van der Waals surface area (Å²) < 4.78 is 13.7. The molecule has 3 rings (SSSR count). The van der Waals surface area contributed by atoms with Gasteiger partial charge in [0.1, 0.15) is 0 Å². The molecule has 140 valence electrons. The Kier molecular flexibility index (Phi) is 4.88. The number of aromatic nitrogens is 1. The standard InChI is InChI=1S/C21H29NO3Si/c1-21(2,3)26(5,6)25-16-12-11-15(13-16)22-14-18(20(23)24-4)17-9-7-8-10-19(17)22/h7-12,14-16H,13H2,1-6H3/t15-,16+/m0/s1. The van der Waals surface area contributed by atoms with Crippen molar-refractivity contribution >= 4 is 25.2 Å². The van der Waals surface area contributed by atoms with Gasteiger partial charge in [0.05, 0.1) is 24.8 Å². The van der Waals surface area contributed by atoms with Crippen molar-refractivity contribution in [3.63, 3.8) is 0 Å². The molecule has 0 N–H and O–H groups in total. The number of carbonyl (C=O) groups excluding carboxylic acids is 1. The number of carbonyl (C=O) groups is 1. The Morgan fingerprint density at radius 1 is 1.19 bits per heavy atom. The average molecular weight is 372 g/mol. The summed E-state index contributed by atoms with van der Waals surface area (Å²) in [7, 11) is -0.384. The summed E-state index contributed by atoms with van der Waals surface area (Å²) in [6.45, 7) is 11.4. The highest BCUT2D eigenvalue weighted by Crippen LogP contribution is 2.40. The van der Waals surface area contributed by atoms with Crippen molar-refractivity contribution in [2.24, 2.45) is 0 Å². The maximum Gasteiger partial charge on any atom is 0.340 e. The molecule has 5 heteroatoms. The van der Waals surface area contributed by atoms with Crippen molar-refractivity contribution in [2.45, 2.75) is 57.5 Å². The summed E-state index contributed by atoms with van der Waals surface area (Å²) in [6.07, 6.45) is 7.32. The highest BCUT2D eigenvalue weighted by atomic mass is 28.4. The molecule has 2 aromatic rings. The molecule has 2 atom stereocenters. The van der Waals surface area contributed by atoms with Crippen LogP contribution in [0.15, 0.2) is 42.6 Å². The third-order valence-corrected chi connectivity index (χ3v) is 10.3. The molecule has 0 bridgehead atoms. The van der Waals surface area contributed by atoms with Crippen LogP contribution in [-0.4, -0.2) is 32.1 Å². The molecule has 0 unspecified atom stereocenters. The number of hydrogen-bond acceptors (Lipinski definition) is 3. The Bertz CT molecular complexity index is 845. The molecular weight excluding hydrogens is 342 g/mol. The molecule has 0 aliphatic heterocycles. The van der Waals surface area contributed by atoms with Gasteiger partial charge in [0.15, 0.2) is 8.32 Å². The summed E-state index contributed by atoms with van der Waals surface area (Å²) in [5, 5.41) is 1.12. The van der Waals surface area contributed by atoms with Gasteiger partial charge in [-0.2, -0.15) is 0 Å². The third-order valence-electron chi connectivity index (χ3n) is 5.78. The minimum Gasteiger partial charge on any atom is -0.465 e. The van der Waals surface area contributed by atoms with E-state index in [2.05, 4.69) is 56.7 Å². The Morgan fingerprint density at radius 2 is 1.88 bits per heavy atom. The fraction of sp³-hybridized carbons (Fsp3) is 0.476. The lowest BCUT2D eigenvalue weighted by molar-refractivity contribution is 0.0602. The predicted molar refractivity (Wildman–Crippen MR) is 108 cm³/mol. The van der Waals surface area contributed by atoms with Gasteiger partial charge in [-0.15, -0.1) is 0 Å². The number of ether oxygens (including phenoxy) is 1. The van der Waals surface area contributed by atoms with Crippen LogP contribution in [0.3, 0.4) is 0 Å². The van der Waals surface area contributed by atoms with Crippen LogP contribution in [0.5, 0.6) is 0 Å². The number of fused-ring (bicyclic) bond motifs is 1. The lowest BCUT2D eigenvalue weighted by Gasteiger charge is -2.38. The molecule has 0 fully saturated rings. The summed E-state index contributed by atoms with van der Waals surface area (Å²) in [5.41, 5.74) is 1.67. The van der Waals surface area contributed by atoms with Crippen LogP contribution in [0.25, 0.3) is 10.9 Å². The van der Waals surface area contributed by atoms with E-state index in [0.717, 1.165) is 17.3 Å². The van der Waals surface area contributed by atoms with Gasteiger partial charge in [-0.1, -0.05) is 51.1 Å². The molecule has 4 nitrogen and oxygen atoms in total. The molecule has 1 aliphatic rings. The van der Waals surface area contributed by atoms with Crippen molar-refractivity contribution in [3.05, 3.63) is 48.2 Å². The van der Waals surface area contributed by atoms with Crippen LogP contribution in [-0.2, 0) is 9.16 Å². The molecule has 1 aromatic heterocycles. The first kappa shape index (κ1) is 18.9. The van der Waals surface area contributed by atoms with E-state index in [-0.39, 0.29) is 23.2 Å². The third kappa shape index (κ3) is 3.38. The van der Waals surface area contributed by atoms with Crippen LogP contribution in [0.1, 0.15) is 43.6 Å². The normalized spacial score (nSPS) is 20.7. The van der Waals surface area contributed by atoms with Crippen LogP contribution < -0.4 is 0 Å². The monoisotopic (exact) mass is 371 g/mol. The molecule has 0 saturated heterocycles. The zero-order valence-electron chi connectivity index (χ0n) is 16.6. The van der Waals surface area contributed by atoms with Gasteiger partial charge < -0.3 is 13.7 Å². The molecule has 0 saturated carbocycles. The number of para-hydroxylation sites is 1. The van der Waals surface area contributed by atoms with Crippen molar-refractivity contribution in [1.82, 2.24) is 4.57 Å². The predicted octanol–water partition coefficient (Wildman–Crippen LogP) is 5.32. The molecule has 26 heavy (non-hydrogen) atoms. The van der Waals surface area contributed by atoms with E-state index < -0.39 is 8.32 Å². The maximum absolute atomic E-state index is 12.1. The Morgan fingerprint density at radius 3 is 2.54 bits per heavy atom. The first-order chi connectivity index (χ1) is 12.1. The van der Waals surface area contributed by atoms with Gasteiger partial charge in [0, 0.05) is 23.5 Å². The van der Waals surface area contributed by atoms with Crippen molar-refractivity contribution in [2.75, 3.05) is 7.11 Å². The van der Waals surface area contributed by atoms with E-state index in [1.165, 1.54) is 7.11 Å². The first-order valence-corrected chi connectivity index (χ1v) is 12.1. The van der Waals surface area contributed by atoms with E-state index >= 15 is 0 Å². The van der Waals surface area contributed by atoms with Crippen molar-refractivity contribution in [1.29, 1.82) is 0 Å². The maximum atomic E-state index is 12.1. The molecule has 0 amide bonds. The van der Waals surface area contributed by atoms with E-state index in [4.69, 9.17) is 9.16 Å². The topological polar surface area (TPSA) is 40.5 Å². The quantitative estimate of drug-likeness (QED) is 0.415. The number of methoxy groups -OCH3 is 1. The van der Waals surface area contributed by atoms with E-state index in [1.807, 2.05) is 24.4 Å². The highest BCUT2D eigenvalue weighted by Gasteiger charge is 2.40. The number of allylic oxidation sites excluding steroid dienone is 1. The zero-order chi connectivity index (χ0) is 19.1. The Balaban J connectivity index is 1.86. The zero-order valence-corrected chi connectivity index (χ0v) is 17.6. The summed E-state index contributed by atoms with van der Waals surface area (Å²) in [4.78, 5) is 12.1. The summed E-state index contributed by atoms with van der Waals surface area (Å²) >= 11 is 0. The molecule has 0 spiro atoms. The van der Waals surface area contributed by atoms with E-state index in [0.29, 0.717) is 5.56 Å².